The second kappa shape index (κ2) is 8.95. The van der Waals surface area contributed by atoms with E-state index in [4.69, 9.17) is 4.74 Å². The fourth-order valence-corrected chi connectivity index (χ4v) is 2.32. The van der Waals surface area contributed by atoms with Gasteiger partial charge in [0.05, 0.1) is 5.56 Å². The number of halogens is 1. The molecule has 0 saturated heterocycles. The molecule has 0 radical (unpaired) electrons. The molecule has 5 nitrogen and oxygen atoms in total. The van der Waals surface area contributed by atoms with Gasteiger partial charge in [-0.1, -0.05) is 42.5 Å². The molecule has 2 amide bonds. The molecule has 0 aromatic heterocycles. The lowest BCUT2D eigenvalue weighted by atomic mass is 10.2. The van der Waals surface area contributed by atoms with Gasteiger partial charge in [-0.05, 0) is 33.6 Å². The first-order valence-corrected chi connectivity index (χ1v) is 7.93. The number of nitrogens with one attached hydrogen (secondary N) is 2. The summed E-state index contributed by atoms with van der Waals surface area (Å²) in [7, 11) is 0. The summed E-state index contributed by atoms with van der Waals surface area (Å²) in [5, 5.41) is 5.32. The molecule has 0 aliphatic heterocycles. The molecule has 2 N–H and O–H groups in total. The van der Waals surface area contributed by atoms with Crippen molar-refractivity contribution in [2.45, 2.75) is 6.61 Å². The summed E-state index contributed by atoms with van der Waals surface area (Å²) in [4.78, 5) is 23.5. The summed E-state index contributed by atoms with van der Waals surface area (Å²) in [5.41, 5.74) is 1.48. The highest BCUT2D eigenvalue weighted by atomic mass is 79.9. The lowest BCUT2D eigenvalue weighted by molar-refractivity contribution is 0.0951. The molecule has 0 aliphatic carbocycles. The molecule has 2 rings (SSSR count). The van der Waals surface area contributed by atoms with Gasteiger partial charge in [-0.3, -0.25) is 4.79 Å². The van der Waals surface area contributed by atoms with Crippen LogP contribution in [0.5, 0.6) is 0 Å². The quantitative estimate of drug-likeness (QED) is 0.761. The Morgan fingerprint density at radius 2 is 1.57 bits per heavy atom. The van der Waals surface area contributed by atoms with E-state index in [1.807, 2.05) is 36.4 Å². The molecule has 2 aromatic carbocycles. The van der Waals surface area contributed by atoms with Gasteiger partial charge in [0.15, 0.2) is 0 Å². The molecule has 6 heteroatoms. The van der Waals surface area contributed by atoms with E-state index in [0.717, 1.165) is 10.0 Å². The smallest absolute Gasteiger partial charge is 0.407 e. The fraction of sp³-hybridized carbons (Fsp3) is 0.176. The van der Waals surface area contributed by atoms with Crippen LogP contribution in [-0.2, 0) is 11.3 Å². The molecule has 0 fully saturated rings. The first kappa shape index (κ1) is 17.0. The highest BCUT2D eigenvalue weighted by molar-refractivity contribution is 9.10. The second-order valence-corrected chi connectivity index (χ2v) is 5.58. The molecule has 0 aliphatic rings. The van der Waals surface area contributed by atoms with E-state index < -0.39 is 6.09 Å². The van der Waals surface area contributed by atoms with Crippen LogP contribution in [0.15, 0.2) is 59.1 Å². The highest BCUT2D eigenvalue weighted by Gasteiger charge is 2.08. The van der Waals surface area contributed by atoms with Crippen LogP contribution >= 0.6 is 15.9 Å². The number of hydrogen-bond donors (Lipinski definition) is 2. The van der Waals surface area contributed by atoms with Crippen molar-refractivity contribution < 1.29 is 14.3 Å². The van der Waals surface area contributed by atoms with E-state index in [1.54, 1.807) is 18.2 Å². The van der Waals surface area contributed by atoms with E-state index >= 15 is 0 Å². The zero-order valence-electron chi connectivity index (χ0n) is 12.4. The van der Waals surface area contributed by atoms with Crippen molar-refractivity contribution in [3.63, 3.8) is 0 Å². The molecule has 120 valence electrons. The summed E-state index contributed by atoms with van der Waals surface area (Å²) >= 11 is 3.32. The number of benzene rings is 2. The minimum absolute atomic E-state index is 0.197. The van der Waals surface area contributed by atoms with Crippen molar-refractivity contribution in [1.82, 2.24) is 10.6 Å². The maximum absolute atomic E-state index is 11.9. The number of alkyl carbamates (subject to hydrolysis) is 1. The number of carbonyl (C=O) groups excluding carboxylic acids is 2. The Bertz CT molecular complexity index is 662. The zero-order chi connectivity index (χ0) is 16.5. The molecular formula is C17H17BrN2O3. The third-order valence-corrected chi connectivity index (χ3v) is 3.70. The number of hydrogen-bond acceptors (Lipinski definition) is 3. The van der Waals surface area contributed by atoms with Crippen LogP contribution in [0.2, 0.25) is 0 Å². The van der Waals surface area contributed by atoms with Gasteiger partial charge < -0.3 is 15.4 Å². The van der Waals surface area contributed by atoms with Crippen molar-refractivity contribution in [3.05, 3.63) is 70.2 Å². The molecule has 2 aromatic rings. The van der Waals surface area contributed by atoms with Crippen LogP contribution < -0.4 is 10.6 Å². The van der Waals surface area contributed by atoms with E-state index in [2.05, 4.69) is 26.6 Å². The van der Waals surface area contributed by atoms with Crippen LogP contribution in [-0.4, -0.2) is 25.1 Å². The van der Waals surface area contributed by atoms with Crippen LogP contribution in [0.25, 0.3) is 0 Å². The van der Waals surface area contributed by atoms with E-state index in [9.17, 15) is 9.59 Å². The lowest BCUT2D eigenvalue weighted by Crippen LogP contribution is -2.35. The van der Waals surface area contributed by atoms with Crippen LogP contribution in [0, 0.1) is 0 Å². The van der Waals surface area contributed by atoms with Gasteiger partial charge in [0.1, 0.15) is 6.61 Å². The molecule has 0 spiro atoms. The van der Waals surface area contributed by atoms with Gasteiger partial charge in [-0.2, -0.15) is 0 Å². The zero-order valence-corrected chi connectivity index (χ0v) is 14.0. The number of ether oxygens (including phenoxy) is 1. The summed E-state index contributed by atoms with van der Waals surface area (Å²) < 4.78 is 5.80. The third-order valence-electron chi connectivity index (χ3n) is 3.01. The maximum Gasteiger partial charge on any atom is 0.407 e. The van der Waals surface area contributed by atoms with Gasteiger partial charge in [-0.15, -0.1) is 0 Å². The first-order valence-electron chi connectivity index (χ1n) is 7.14. The van der Waals surface area contributed by atoms with E-state index in [-0.39, 0.29) is 12.5 Å². The summed E-state index contributed by atoms with van der Waals surface area (Å²) in [6, 6.07) is 16.6. The third kappa shape index (κ3) is 5.75. The molecule has 0 atom stereocenters. The average Bonchev–Trinajstić information content (AvgIpc) is 2.58. The van der Waals surface area contributed by atoms with Gasteiger partial charge in [0, 0.05) is 17.6 Å². The number of carbonyl (C=O) groups is 2. The monoisotopic (exact) mass is 376 g/mol. The summed E-state index contributed by atoms with van der Waals surface area (Å²) in [6.45, 7) is 0.834. The number of amides is 2. The van der Waals surface area contributed by atoms with Crippen molar-refractivity contribution >= 4 is 27.9 Å². The largest absolute Gasteiger partial charge is 0.445 e. The minimum Gasteiger partial charge on any atom is -0.445 e. The van der Waals surface area contributed by atoms with Gasteiger partial charge in [0.2, 0.25) is 0 Å². The van der Waals surface area contributed by atoms with Crippen molar-refractivity contribution in [2.75, 3.05) is 13.1 Å². The Morgan fingerprint density at radius 3 is 2.30 bits per heavy atom. The van der Waals surface area contributed by atoms with Gasteiger partial charge >= 0.3 is 6.09 Å². The molecule has 23 heavy (non-hydrogen) atoms. The Morgan fingerprint density at radius 1 is 0.913 bits per heavy atom. The van der Waals surface area contributed by atoms with Crippen LogP contribution in [0.4, 0.5) is 4.79 Å². The average molecular weight is 377 g/mol. The summed E-state index contributed by atoms with van der Waals surface area (Å²) in [5.74, 6) is -0.197. The molecule has 0 bridgehead atoms. The molecular weight excluding hydrogens is 360 g/mol. The van der Waals surface area contributed by atoms with Gasteiger partial charge in [0.25, 0.3) is 5.91 Å². The van der Waals surface area contributed by atoms with Crippen LogP contribution in [0.3, 0.4) is 0 Å². The topological polar surface area (TPSA) is 67.4 Å². The highest BCUT2D eigenvalue weighted by Crippen LogP contribution is 2.15. The standard InChI is InChI=1S/C17H17BrN2O3/c18-15-9-5-4-8-14(15)16(21)19-10-11-20-17(22)23-12-13-6-2-1-3-7-13/h1-9H,10-12H2,(H,19,21)(H,20,22). The van der Waals surface area contributed by atoms with E-state index in [0.29, 0.717) is 18.7 Å². The van der Waals surface area contributed by atoms with Crippen molar-refractivity contribution in [1.29, 1.82) is 0 Å². The Balaban J connectivity index is 1.64. The Kier molecular flexibility index (Phi) is 6.62. The van der Waals surface area contributed by atoms with Gasteiger partial charge in [-0.25, -0.2) is 4.79 Å². The molecule has 0 saturated carbocycles. The molecule has 0 unspecified atom stereocenters. The second-order valence-electron chi connectivity index (χ2n) is 4.72. The maximum atomic E-state index is 11.9. The predicted octanol–water partition coefficient (Wildman–Crippen LogP) is 3.11. The Labute approximate surface area is 143 Å². The van der Waals surface area contributed by atoms with Crippen molar-refractivity contribution in [2.24, 2.45) is 0 Å². The SMILES string of the molecule is O=C(NCCNC(=O)c1ccccc1Br)OCc1ccccc1. The minimum atomic E-state index is -0.510. The first-order chi connectivity index (χ1) is 11.2. The fourth-order valence-electron chi connectivity index (χ4n) is 1.86. The predicted molar refractivity (Wildman–Crippen MR) is 91.1 cm³/mol. The Hall–Kier alpha value is -2.34. The molecule has 0 heterocycles. The van der Waals surface area contributed by atoms with E-state index in [1.165, 1.54) is 0 Å². The summed E-state index contributed by atoms with van der Waals surface area (Å²) in [6.07, 6.45) is -0.510. The lowest BCUT2D eigenvalue weighted by Gasteiger charge is -2.09. The van der Waals surface area contributed by atoms with Crippen molar-refractivity contribution in [3.8, 4) is 0 Å². The van der Waals surface area contributed by atoms with Crippen LogP contribution in [0.1, 0.15) is 15.9 Å². The normalized spacial score (nSPS) is 9.96. The number of rotatable bonds is 6.